The fourth-order valence-corrected chi connectivity index (χ4v) is 3.62. The largest absolute Gasteiger partial charge is 0.435 e. The zero-order valence-corrected chi connectivity index (χ0v) is 16.4. The molecule has 4 aromatic rings. The molecule has 2 aromatic carbocycles. The van der Waals surface area contributed by atoms with Crippen molar-refractivity contribution in [2.45, 2.75) is 6.61 Å². The van der Waals surface area contributed by atoms with Gasteiger partial charge in [-0.3, -0.25) is 4.79 Å². The molecule has 0 saturated heterocycles. The lowest BCUT2D eigenvalue weighted by Gasteiger charge is -2.04. The number of allylic oxidation sites excluding steroid dienone is 1. The molecule has 2 heterocycles. The van der Waals surface area contributed by atoms with Gasteiger partial charge in [-0.1, -0.05) is 24.3 Å². The first-order chi connectivity index (χ1) is 14.6. The van der Waals surface area contributed by atoms with E-state index in [2.05, 4.69) is 9.84 Å². The van der Waals surface area contributed by atoms with Gasteiger partial charge < -0.3 is 4.74 Å². The third-order valence-electron chi connectivity index (χ3n) is 4.30. The molecule has 0 amide bonds. The Morgan fingerprint density at radius 2 is 1.80 bits per heavy atom. The average Bonchev–Trinajstić information content (AvgIpc) is 3.42. The number of benzene rings is 2. The number of halogens is 2. The van der Waals surface area contributed by atoms with Gasteiger partial charge in [-0.15, -0.1) is 11.3 Å². The maximum atomic E-state index is 12.5. The summed E-state index contributed by atoms with van der Waals surface area (Å²) in [5.74, 6) is -0.238. The highest BCUT2D eigenvalue weighted by molar-refractivity contribution is 7.13. The lowest BCUT2D eigenvalue weighted by atomic mass is 10.1. The number of ether oxygens (including phenoxy) is 1. The Morgan fingerprint density at radius 1 is 1.03 bits per heavy atom. The molecule has 2 aromatic heterocycles. The van der Waals surface area contributed by atoms with Gasteiger partial charge in [0.05, 0.1) is 10.6 Å². The third kappa shape index (κ3) is 4.52. The van der Waals surface area contributed by atoms with Crippen LogP contribution < -0.4 is 4.74 Å². The Bertz CT molecular complexity index is 1150. The molecule has 4 rings (SSSR count). The highest BCUT2D eigenvalue weighted by Crippen LogP contribution is 2.28. The first-order valence-electron chi connectivity index (χ1n) is 9.06. The van der Waals surface area contributed by atoms with E-state index in [0.29, 0.717) is 5.56 Å². The van der Waals surface area contributed by atoms with Crippen molar-refractivity contribution in [3.05, 3.63) is 95.5 Å². The van der Waals surface area contributed by atoms with Crippen molar-refractivity contribution in [2.24, 2.45) is 0 Å². The van der Waals surface area contributed by atoms with E-state index in [0.717, 1.165) is 21.8 Å². The van der Waals surface area contributed by atoms with Crippen LogP contribution in [0.1, 0.15) is 15.9 Å². The SMILES string of the molecule is O=C(C=Cc1cn(-c2ccccc2)nc1-c1cccs1)c1ccc(OC(F)F)cc1. The number of hydrogen-bond acceptors (Lipinski definition) is 4. The number of thiophene rings is 1. The van der Waals surface area contributed by atoms with E-state index in [1.54, 1.807) is 22.1 Å². The second-order valence-corrected chi connectivity index (χ2v) is 7.24. The number of aromatic nitrogens is 2. The smallest absolute Gasteiger partial charge is 0.387 e. The number of hydrogen-bond donors (Lipinski definition) is 0. The summed E-state index contributed by atoms with van der Waals surface area (Å²) in [6.45, 7) is -2.90. The molecule has 150 valence electrons. The van der Waals surface area contributed by atoms with Gasteiger partial charge in [-0.25, -0.2) is 4.68 Å². The first-order valence-corrected chi connectivity index (χ1v) is 9.94. The molecule has 0 unspecified atom stereocenters. The lowest BCUT2D eigenvalue weighted by Crippen LogP contribution is -2.02. The predicted octanol–water partition coefficient (Wildman–Crippen LogP) is 6.10. The Morgan fingerprint density at radius 3 is 2.47 bits per heavy atom. The Labute approximate surface area is 175 Å². The Kier molecular flexibility index (Phi) is 5.81. The summed E-state index contributed by atoms with van der Waals surface area (Å²) in [6.07, 6.45) is 5.04. The topological polar surface area (TPSA) is 44.1 Å². The molecule has 0 saturated carbocycles. The van der Waals surface area contributed by atoms with Crippen molar-refractivity contribution in [2.75, 3.05) is 0 Å². The molecule has 0 spiro atoms. The molecule has 0 atom stereocenters. The second-order valence-electron chi connectivity index (χ2n) is 6.29. The zero-order valence-electron chi connectivity index (χ0n) is 15.6. The van der Waals surface area contributed by atoms with Gasteiger partial charge in [0.15, 0.2) is 5.78 Å². The molecule has 4 nitrogen and oxygen atoms in total. The molecular weight excluding hydrogens is 406 g/mol. The number of nitrogens with zero attached hydrogens (tertiary/aromatic N) is 2. The second kappa shape index (κ2) is 8.84. The van der Waals surface area contributed by atoms with Crippen LogP contribution in [0, 0.1) is 0 Å². The summed E-state index contributed by atoms with van der Waals surface area (Å²) in [7, 11) is 0. The van der Waals surface area contributed by atoms with Crippen LogP contribution in [-0.4, -0.2) is 22.2 Å². The number of alkyl halides is 2. The molecule has 0 radical (unpaired) electrons. The number of para-hydroxylation sites is 1. The van der Waals surface area contributed by atoms with Gasteiger partial charge in [0.2, 0.25) is 0 Å². The fourth-order valence-electron chi connectivity index (χ4n) is 2.89. The van der Waals surface area contributed by atoms with Crippen molar-refractivity contribution >= 4 is 23.2 Å². The van der Waals surface area contributed by atoms with Gasteiger partial charge in [-0.2, -0.15) is 13.9 Å². The van der Waals surface area contributed by atoms with Gasteiger partial charge >= 0.3 is 6.61 Å². The molecule has 0 bridgehead atoms. The molecule has 0 aliphatic heterocycles. The number of rotatable bonds is 7. The van der Waals surface area contributed by atoms with E-state index in [1.807, 2.05) is 54.0 Å². The van der Waals surface area contributed by atoms with Crippen LogP contribution in [-0.2, 0) is 0 Å². The predicted molar refractivity (Wildman–Crippen MR) is 113 cm³/mol. The number of carbonyl (C=O) groups is 1. The van der Waals surface area contributed by atoms with Gasteiger partial charge in [-0.05, 0) is 60.0 Å². The zero-order chi connectivity index (χ0) is 20.9. The molecular formula is C23H16F2N2O2S. The van der Waals surface area contributed by atoms with E-state index in [-0.39, 0.29) is 11.5 Å². The minimum absolute atomic E-state index is 0.00893. The summed E-state index contributed by atoms with van der Waals surface area (Å²) in [5.41, 5.74) is 2.86. The van der Waals surface area contributed by atoms with E-state index in [1.165, 1.54) is 30.3 Å². The molecule has 7 heteroatoms. The Hall–Kier alpha value is -3.58. The molecule has 0 aliphatic carbocycles. The molecule has 0 aliphatic rings. The number of carbonyl (C=O) groups excluding carboxylic acids is 1. The summed E-state index contributed by atoms with van der Waals surface area (Å²) in [4.78, 5) is 13.5. The van der Waals surface area contributed by atoms with Crippen molar-refractivity contribution in [1.29, 1.82) is 0 Å². The van der Waals surface area contributed by atoms with Crippen LogP contribution in [0.15, 0.2) is 84.4 Å². The maximum Gasteiger partial charge on any atom is 0.387 e. The summed E-state index contributed by atoms with van der Waals surface area (Å²) >= 11 is 1.57. The van der Waals surface area contributed by atoms with Crippen LogP contribution in [0.25, 0.3) is 22.3 Å². The normalized spacial score (nSPS) is 11.3. The van der Waals surface area contributed by atoms with E-state index < -0.39 is 6.61 Å². The average molecular weight is 422 g/mol. The quantitative estimate of drug-likeness (QED) is 0.267. The Balaban J connectivity index is 1.61. The third-order valence-corrected chi connectivity index (χ3v) is 5.17. The van der Waals surface area contributed by atoms with Crippen molar-refractivity contribution in [1.82, 2.24) is 9.78 Å². The van der Waals surface area contributed by atoms with Crippen LogP contribution in [0.4, 0.5) is 8.78 Å². The maximum absolute atomic E-state index is 12.5. The van der Waals surface area contributed by atoms with E-state index in [9.17, 15) is 13.6 Å². The van der Waals surface area contributed by atoms with Gasteiger partial charge in [0, 0.05) is 17.3 Å². The summed E-state index contributed by atoms with van der Waals surface area (Å²) < 4.78 is 30.6. The van der Waals surface area contributed by atoms with E-state index >= 15 is 0 Å². The highest BCUT2D eigenvalue weighted by atomic mass is 32.1. The van der Waals surface area contributed by atoms with Gasteiger partial charge in [0.1, 0.15) is 11.4 Å². The standard InChI is InChI=1S/C23H16F2N2O2S/c24-23(25)29-19-11-8-16(9-12-19)20(28)13-10-17-15-27(18-5-2-1-3-6-18)26-22(17)21-7-4-14-30-21/h1-15,23H. The first kappa shape index (κ1) is 19.7. The summed E-state index contributed by atoms with van der Waals surface area (Å²) in [5, 5.41) is 6.66. The minimum Gasteiger partial charge on any atom is -0.435 e. The minimum atomic E-state index is -2.90. The van der Waals surface area contributed by atoms with Crippen LogP contribution in [0.3, 0.4) is 0 Å². The van der Waals surface area contributed by atoms with Crippen LogP contribution >= 0.6 is 11.3 Å². The number of ketones is 1. The fraction of sp³-hybridized carbons (Fsp3) is 0.0435. The summed E-state index contributed by atoms with van der Waals surface area (Å²) in [6, 6.07) is 19.2. The van der Waals surface area contributed by atoms with Crippen LogP contribution in [0.2, 0.25) is 0 Å². The van der Waals surface area contributed by atoms with Crippen molar-refractivity contribution in [3.63, 3.8) is 0 Å². The van der Waals surface area contributed by atoms with E-state index in [4.69, 9.17) is 0 Å². The van der Waals surface area contributed by atoms with Crippen molar-refractivity contribution < 1.29 is 18.3 Å². The van der Waals surface area contributed by atoms with Crippen molar-refractivity contribution in [3.8, 4) is 22.0 Å². The lowest BCUT2D eigenvalue weighted by molar-refractivity contribution is -0.0498. The molecule has 0 fully saturated rings. The monoisotopic (exact) mass is 422 g/mol. The highest BCUT2D eigenvalue weighted by Gasteiger charge is 2.12. The van der Waals surface area contributed by atoms with Gasteiger partial charge in [0.25, 0.3) is 0 Å². The molecule has 0 N–H and O–H groups in total. The molecule has 30 heavy (non-hydrogen) atoms. The van der Waals surface area contributed by atoms with Crippen LogP contribution in [0.5, 0.6) is 5.75 Å².